The Balaban J connectivity index is 2.02. The van der Waals surface area contributed by atoms with Crippen molar-refractivity contribution in [2.75, 3.05) is 31.1 Å². The van der Waals surface area contributed by atoms with E-state index in [2.05, 4.69) is 30.8 Å². The summed E-state index contributed by atoms with van der Waals surface area (Å²) in [6.07, 6.45) is 4.46. The molecule has 0 spiro atoms. The second-order valence-corrected chi connectivity index (χ2v) is 7.00. The third-order valence-electron chi connectivity index (χ3n) is 3.31. The Kier molecular flexibility index (Phi) is 4.62. The number of halogens is 1. The Morgan fingerprint density at radius 3 is 2.40 bits per heavy atom. The van der Waals surface area contributed by atoms with E-state index in [1.807, 2.05) is 25.7 Å². The van der Waals surface area contributed by atoms with Crippen LogP contribution < -0.4 is 4.90 Å². The summed E-state index contributed by atoms with van der Waals surface area (Å²) < 4.78 is 0.876. The molecule has 2 heterocycles. The van der Waals surface area contributed by atoms with Crippen molar-refractivity contribution in [1.82, 2.24) is 14.9 Å². The molecular weight excluding hydrogens is 320 g/mol. The van der Waals surface area contributed by atoms with Crippen LogP contribution in [0.4, 0.5) is 5.95 Å². The second-order valence-electron chi connectivity index (χ2n) is 6.08. The summed E-state index contributed by atoms with van der Waals surface area (Å²) in [6, 6.07) is 0. The van der Waals surface area contributed by atoms with Gasteiger partial charge < -0.3 is 9.80 Å². The molecule has 1 aliphatic rings. The molecule has 0 unspecified atom stereocenters. The van der Waals surface area contributed by atoms with E-state index in [0.717, 1.165) is 43.0 Å². The predicted molar refractivity (Wildman–Crippen MR) is 82.6 cm³/mol. The van der Waals surface area contributed by atoms with Crippen LogP contribution in [0.3, 0.4) is 0 Å². The molecule has 1 aliphatic heterocycles. The average molecular weight is 341 g/mol. The monoisotopic (exact) mass is 340 g/mol. The Morgan fingerprint density at radius 2 is 1.80 bits per heavy atom. The molecule has 1 fully saturated rings. The smallest absolute Gasteiger partial charge is 0.228 e. The van der Waals surface area contributed by atoms with Crippen LogP contribution in [0.5, 0.6) is 0 Å². The van der Waals surface area contributed by atoms with Crippen LogP contribution >= 0.6 is 15.9 Å². The van der Waals surface area contributed by atoms with Crippen LogP contribution in [0, 0.1) is 5.41 Å². The molecule has 0 aliphatic carbocycles. The summed E-state index contributed by atoms with van der Waals surface area (Å²) in [5, 5.41) is 0. The number of rotatable bonds is 1. The highest BCUT2D eigenvalue weighted by Crippen LogP contribution is 2.20. The summed E-state index contributed by atoms with van der Waals surface area (Å²) >= 11 is 3.34. The first-order valence-corrected chi connectivity index (χ1v) is 7.69. The number of hydrogen-bond donors (Lipinski definition) is 0. The van der Waals surface area contributed by atoms with Gasteiger partial charge in [0.1, 0.15) is 0 Å². The van der Waals surface area contributed by atoms with Crippen molar-refractivity contribution in [3.05, 3.63) is 16.9 Å². The summed E-state index contributed by atoms with van der Waals surface area (Å²) in [5.74, 6) is 0.953. The normalized spacial score (nSPS) is 17.0. The number of nitrogens with zero attached hydrogens (tertiary/aromatic N) is 4. The number of aromatic nitrogens is 2. The maximum absolute atomic E-state index is 12.3. The zero-order valence-corrected chi connectivity index (χ0v) is 13.9. The molecule has 0 aromatic carbocycles. The molecule has 1 aromatic rings. The summed E-state index contributed by atoms with van der Waals surface area (Å²) in [5.41, 5.74) is -0.316. The molecule has 5 nitrogen and oxygen atoms in total. The van der Waals surface area contributed by atoms with Crippen molar-refractivity contribution in [2.45, 2.75) is 27.2 Å². The number of amides is 1. The minimum Gasteiger partial charge on any atom is -0.340 e. The fraction of sp³-hybridized carbons (Fsp3) is 0.643. The molecule has 0 saturated carbocycles. The molecule has 6 heteroatoms. The van der Waals surface area contributed by atoms with Crippen LogP contribution in [-0.2, 0) is 4.79 Å². The topological polar surface area (TPSA) is 49.3 Å². The number of carbonyl (C=O) groups is 1. The van der Waals surface area contributed by atoms with Crippen LogP contribution in [0.25, 0.3) is 0 Å². The van der Waals surface area contributed by atoms with E-state index < -0.39 is 0 Å². The van der Waals surface area contributed by atoms with Crippen molar-refractivity contribution in [2.24, 2.45) is 5.41 Å². The lowest BCUT2D eigenvalue weighted by molar-refractivity contribution is -0.139. The maximum atomic E-state index is 12.3. The predicted octanol–water partition coefficient (Wildman–Crippen LogP) is 2.32. The Bertz CT molecular complexity index is 469. The Morgan fingerprint density at radius 1 is 1.15 bits per heavy atom. The van der Waals surface area contributed by atoms with E-state index in [1.54, 1.807) is 12.4 Å². The van der Waals surface area contributed by atoms with Gasteiger partial charge in [0.15, 0.2) is 0 Å². The minimum atomic E-state index is -0.316. The zero-order chi connectivity index (χ0) is 14.8. The van der Waals surface area contributed by atoms with Crippen LogP contribution in [0.2, 0.25) is 0 Å². The Hall–Kier alpha value is -1.17. The molecule has 0 atom stereocenters. The molecule has 0 N–H and O–H groups in total. The third-order valence-corrected chi connectivity index (χ3v) is 3.72. The van der Waals surface area contributed by atoms with E-state index >= 15 is 0 Å². The fourth-order valence-electron chi connectivity index (χ4n) is 2.26. The van der Waals surface area contributed by atoms with E-state index in [0.29, 0.717) is 0 Å². The van der Waals surface area contributed by atoms with E-state index in [1.165, 1.54) is 0 Å². The van der Waals surface area contributed by atoms with Crippen molar-refractivity contribution >= 4 is 27.8 Å². The summed E-state index contributed by atoms with van der Waals surface area (Å²) in [4.78, 5) is 25.1. The highest BCUT2D eigenvalue weighted by molar-refractivity contribution is 9.10. The average Bonchev–Trinajstić information content (AvgIpc) is 2.63. The highest BCUT2D eigenvalue weighted by atomic mass is 79.9. The van der Waals surface area contributed by atoms with Crippen molar-refractivity contribution in [3.8, 4) is 0 Å². The molecule has 0 radical (unpaired) electrons. The van der Waals surface area contributed by atoms with Gasteiger partial charge in [0.05, 0.1) is 4.47 Å². The largest absolute Gasteiger partial charge is 0.340 e. The standard InChI is InChI=1S/C14H21BrN4O/c1-14(2,3)12(20)18-5-4-6-19(8-7-18)13-16-9-11(15)10-17-13/h9-10H,4-8H2,1-3H3. The van der Waals surface area contributed by atoms with Gasteiger partial charge in [-0.2, -0.15) is 0 Å². The Labute approximate surface area is 128 Å². The zero-order valence-electron chi connectivity index (χ0n) is 12.3. The van der Waals surface area contributed by atoms with Gasteiger partial charge in [0.2, 0.25) is 11.9 Å². The van der Waals surface area contributed by atoms with E-state index in [9.17, 15) is 4.79 Å². The van der Waals surface area contributed by atoms with Gasteiger partial charge in [0.25, 0.3) is 0 Å². The molecule has 1 aromatic heterocycles. The van der Waals surface area contributed by atoms with E-state index in [-0.39, 0.29) is 11.3 Å². The lowest BCUT2D eigenvalue weighted by Gasteiger charge is -2.28. The fourth-order valence-corrected chi connectivity index (χ4v) is 2.47. The van der Waals surface area contributed by atoms with Crippen molar-refractivity contribution in [3.63, 3.8) is 0 Å². The summed E-state index contributed by atoms with van der Waals surface area (Å²) in [7, 11) is 0. The molecule has 110 valence electrons. The minimum absolute atomic E-state index is 0.219. The third kappa shape index (κ3) is 3.69. The van der Waals surface area contributed by atoms with E-state index in [4.69, 9.17) is 0 Å². The van der Waals surface area contributed by atoms with Crippen LogP contribution in [0.15, 0.2) is 16.9 Å². The van der Waals surface area contributed by atoms with Gasteiger partial charge in [-0.25, -0.2) is 9.97 Å². The SMILES string of the molecule is CC(C)(C)C(=O)N1CCCN(c2ncc(Br)cn2)CC1. The first kappa shape index (κ1) is 15.2. The van der Waals surface area contributed by atoms with Gasteiger partial charge in [-0.05, 0) is 22.4 Å². The van der Waals surface area contributed by atoms with Gasteiger partial charge in [-0.1, -0.05) is 20.8 Å². The molecule has 20 heavy (non-hydrogen) atoms. The van der Waals surface area contributed by atoms with Gasteiger partial charge in [0, 0.05) is 44.0 Å². The highest BCUT2D eigenvalue weighted by Gasteiger charge is 2.28. The van der Waals surface area contributed by atoms with Crippen molar-refractivity contribution < 1.29 is 4.79 Å². The molecular formula is C14H21BrN4O. The van der Waals surface area contributed by atoms with Crippen LogP contribution in [-0.4, -0.2) is 47.0 Å². The lowest BCUT2D eigenvalue weighted by atomic mass is 9.94. The van der Waals surface area contributed by atoms with Crippen LogP contribution in [0.1, 0.15) is 27.2 Å². The first-order valence-electron chi connectivity index (χ1n) is 6.90. The number of anilines is 1. The van der Waals surface area contributed by atoms with Crippen molar-refractivity contribution in [1.29, 1.82) is 0 Å². The second kappa shape index (κ2) is 6.08. The number of hydrogen-bond acceptors (Lipinski definition) is 4. The molecule has 0 bridgehead atoms. The van der Waals surface area contributed by atoms with Gasteiger partial charge in [-0.15, -0.1) is 0 Å². The molecule has 1 amide bonds. The number of carbonyl (C=O) groups excluding carboxylic acids is 1. The molecule has 2 rings (SSSR count). The molecule has 1 saturated heterocycles. The quantitative estimate of drug-likeness (QED) is 0.787. The maximum Gasteiger partial charge on any atom is 0.228 e. The lowest BCUT2D eigenvalue weighted by Crippen LogP contribution is -2.41. The first-order chi connectivity index (χ1) is 9.38. The van der Waals surface area contributed by atoms with Gasteiger partial charge >= 0.3 is 0 Å². The summed E-state index contributed by atoms with van der Waals surface area (Å²) in [6.45, 7) is 9.11. The van der Waals surface area contributed by atoms with Gasteiger partial charge in [-0.3, -0.25) is 4.79 Å².